The Balaban J connectivity index is 2.41. The molecule has 0 unspecified atom stereocenters. The van der Waals surface area contributed by atoms with Gasteiger partial charge in [-0.2, -0.15) is 0 Å². The summed E-state index contributed by atoms with van der Waals surface area (Å²) in [5.41, 5.74) is 1.44. The van der Waals surface area contributed by atoms with E-state index in [1.807, 2.05) is 13.0 Å². The van der Waals surface area contributed by atoms with Crippen molar-refractivity contribution in [2.45, 2.75) is 23.6 Å². The van der Waals surface area contributed by atoms with Crippen LogP contribution in [0, 0.1) is 24.0 Å². The maximum absolute atomic E-state index is 11.2. The summed E-state index contributed by atoms with van der Waals surface area (Å²) in [6, 6.07) is 6.64. The molecule has 0 aliphatic carbocycles. The Labute approximate surface area is 113 Å². The first kappa shape index (κ1) is 13.4. The normalized spacial score (nSPS) is 10.4. The van der Waals surface area contributed by atoms with E-state index in [-0.39, 0.29) is 16.2 Å². The van der Waals surface area contributed by atoms with Gasteiger partial charge in [-0.05, 0) is 31.5 Å². The van der Waals surface area contributed by atoms with Crippen LogP contribution in [0.25, 0.3) is 0 Å². The molecule has 0 amide bonds. The van der Waals surface area contributed by atoms with Gasteiger partial charge >= 0.3 is 0 Å². The van der Waals surface area contributed by atoms with Crippen LogP contribution in [0.5, 0.6) is 0 Å². The number of benzene rings is 1. The lowest BCUT2D eigenvalue weighted by atomic mass is 10.1. The number of hydrogen-bond donors (Lipinski definition) is 1. The molecule has 1 aromatic carbocycles. The molecule has 1 N–H and O–H groups in total. The second kappa shape index (κ2) is 5.27. The van der Waals surface area contributed by atoms with Gasteiger partial charge in [0.2, 0.25) is 5.56 Å². The zero-order chi connectivity index (χ0) is 14.0. The van der Waals surface area contributed by atoms with E-state index in [4.69, 9.17) is 0 Å². The van der Waals surface area contributed by atoms with Crippen molar-refractivity contribution in [2.75, 3.05) is 0 Å². The number of hydrogen-bond acceptors (Lipinski definition) is 4. The summed E-state index contributed by atoms with van der Waals surface area (Å²) in [4.78, 5) is 25.8. The minimum Gasteiger partial charge on any atom is -0.329 e. The molecule has 0 radical (unpaired) electrons. The Kier molecular flexibility index (Phi) is 3.71. The van der Waals surface area contributed by atoms with Crippen molar-refractivity contribution in [1.29, 1.82) is 0 Å². The lowest BCUT2D eigenvalue weighted by Crippen LogP contribution is -2.01. The fourth-order valence-corrected chi connectivity index (χ4v) is 2.66. The van der Waals surface area contributed by atoms with E-state index in [0.717, 1.165) is 15.4 Å². The molecule has 6 heteroatoms. The Morgan fingerprint density at radius 2 is 1.95 bits per heavy atom. The Bertz CT molecular complexity index is 695. The maximum atomic E-state index is 11.2. The summed E-state index contributed by atoms with van der Waals surface area (Å²) in [6.07, 6.45) is 1.56. The summed E-state index contributed by atoms with van der Waals surface area (Å²) in [5, 5.41) is 11.0. The number of nitrogens with zero attached hydrogens (tertiary/aromatic N) is 1. The van der Waals surface area contributed by atoms with Gasteiger partial charge in [-0.25, -0.2) is 0 Å². The zero-order valence-electron chi connectivity index (χ0n) is 10.5. The number of pyridine rings is 1. The van der Waals surface area contributed by atoms with Crippen LogP contribution in [0.15, 0.2) is 45.0 Å². The predicted molar refractivity (Wildman–Crippen MR) is 73.8 cm³/mol. The average Bonchev–Trinajstić information content (AvgIpc) is 2.33. The minimum atomic E-state index is -0.385. The number of H-pyrrole nitrogens is 1. The molecule has 1 aromatic heterocycles. The van der Waals surface area contributed by atoms with E-state index in [9.17, 15) is 14.9 Å². The molecule has 0 aliphatic rings. The first-order valence-corrected chi connectivity index (χ1v) is 6.41. The Morgan fingerprint density at radius 3 is 2.58 bits per heavy atom. The molecular weight excluding hydrogens is 264 g/mol. The van der Waals surface area contributed by atoms with Crippen LogP contribution in [-0.2, 0) is 0 Å². The second-order valence-corrected chi connectivity index (χ2v) is 5.28. The molecule has 0 atom stereocenters. The fourth-order valence-electron chi connectivity index (χ4n) is 1.68. The second-order valence-electron chi connectivity index (χ2n) is 4.13. The average molecular weight is 276 g/mol. The molecule has 2 rings (SSSR count). The van der Waals surface area contributed by atoms with Crippen LogP contribution in [0.3, 0.4) is 0 Å². The molecule has 98 valence electrons. The summed E-state index contributed by atoms with van der Waals surface area (Å²) >= 11 is 1.33. The molecule has 0 bridgehead atoms. The summed E-state index contributed by atoms with van der Waals surface area (Å²) in [5.74, 6) is 0. The van der Waals surface area contributed by atoms with E-state index < -0.39 is 0 Å². The molecule has 5 nitrogen and oxygen atoms in total. The third kappa shape index (κ3) is 3.03. The molecule has 2 aromatic rings. The Morgan fingerprint density at radius 1 is 1.21 bits per heavy atom. The molecule has 0 aliphatic heterocycles. The highest BCUT2D eigenvalue weighted by Gasteiger charge is 2.14. The monoisotopic (exact) mass is 276 g/mol. The maximum Gasteiger partial charge on any atom is 0.273 e. The molecule has 0 saturated carbocycles. The molecule has 0 fully saturated rings. The van der Waals surface area contributed by atoms with Gasteiger partial charge in [0, 0.05) is 33.7 Å². The number of nitro groups is 1. The van der Waals surface area contributed by atoms with E-state index in [0.29, 0.717) is 5.56 Å². The summed E-state index contributed by atoms with van der Waals surface area (Å²) < 4.78 is 0. The lowest BCUT2D eigenvalue weighted by molar-refractivity contribution is -0.385. The molecule has 0 spiro atoms. The summed E-state index contributed by atoms with van der Waals surface area (Å²) in [6.45, 7) is 3.57. The molecule has 0 saturated heterocycles. The van der Waals surface area contributed by atoms with Gasteiger partial charge in [0.15, 0.2) is 0 Å². The first-order valence-electron chi connectivity index (χ1n) is 5.59. The number of rotatable bonds is 3. The number of nitrogens with one attached hydrogen (secondary N) is 1. The van der Waals surface area contributed by atoms with E-state index in [2.05, 4.69) is 4.98 Å². The minimum absolute atomic E-state index is 0.104. The van der Waals surface area contributed by atoms with Gasteiger partial charge in [-0.3, -0.25) is 14.9 Å². The number of nitro benzene ring substituents is 1. The van der Waals surface area contributed by atoms with Gasteiger partial charge in [0.05, 0.1) is 4.92 Å². The Hall–Kier alpha value is -2.08. The topological polar surface area (TPSA) is 76.0 Å². The number of aromatic amines is 1. The van der Waals surface area contributed by atoms with Crippen molar-refractivity contribution in [2.24, 2.45) is 0 Å². The van der Waals surface area contributed by atoms with Crippen molar-refractivity contribution < 1.29 is 4.92 Å². The van der Waals surface area contributed by atoms with Crippen molar-refractivity contribution in [3.8, 4) is 0 Å². The van der Waals surface area contributed by atoms with Crippen LogP contribution in [0.2, 0.25) is 0 Å². The van der Waals surface area contributed by atoms with Crippen LogP contribution >= 0.6 is 11.8 Å². The number of aryl methyl sites for hydroxylation is 1. The van der Waals surface area contributed by atoms with Crippen LogP contribution < -0.4 is 5.56 Å². The van der Waals surface area contributed by atoms with Crippen molar-refractivity contribution in [1.82, 2.24) is 4.98 Å². The SMILES string of the molecule is Cc1cc(Sc2cc[nH]c(=O)c2)cc([N+](=O)[O-])c1C. The van der Waals surface area contributed by atoms with Crippen LogP contribution in [0.4, 0.5) is 5.69 Å². The van der Waals surface area contributed by atoms with Gasteiger partial charge in [-0.1, -0.05) is 11.8 Å². The summed E-state index contributed by atoms with van der Waals surface area (Å²) in [7, 11) is 0. The van der Waals surface area contributed by atoms with Crippen LogP contribution in [-0.4, -0.2) is 9.91 Å². The van der Waals surface area contributed by atoms with Crippen molar-refractivity contribution >= 4 is 17.4 Å². The van der Waals surface area contributed by atoms with E-state index in [1.54, 1.807) is 19.2 Å². The standard InChI is InChI=1S/C13H12N2O3S/c1-8-5-11(6-12(9(8)2)15(17)18)19-10-3-4-14-13(16)7-10/h3-7H,1-2H3,(H,14,16). The molecule has 19 heavy (non-hydrogen) atoms. The number of aromatic nitrogens is 1. The quantitative estimate of drug-likeness (QED) is 0.690. The molecule has 1 heterocycles. The fraction of sp³-hybridized carbons (Fsp3) is 0.154. The van der Waals surface area contributed by atoms with Gasteiger partial charge in [0.1, 0.15) is 0 Å². The first-order chi connectivity index (χ1) is 8.97. The van der Waals surface area contributed by atoms with Crippen molar-refractivity contribution in [3.63, 3.8) is 0 Å². The lowest BCUT2D eigenvalue weighted by Gasteiger charge is -2.06. The highest BCUT2D eigenvalue weighted by Crippen LogP contribution is 2.32. The van der Waals surface area contributed by atoms with Gasteiger partial charge in [0.25, 0.3) is 5.69 Å². The van der Waals surface area contributed by atoms with Gasteiger partial charge < -0.3 is 4.98 Å². The van der Waals surface area contributed by atoms with Crippen molar-refractivity contribution in [3.05, 3.63) is 62.1 Å². The highest BCUT2D eigenvalue weighted by atomic mass is 32.2. The highest BCUT2D eigenvalue weighted by molar-refractivity contribution is 7.99. The third-order valence-corrected chi connectivity index (χ3v) is 3.75. The molecular formula is C13H12N2O3S. The van der Waals surface area contributed by atoms with E-state index in [1.165, 1.54) is 23.9 Å². The third-order valence-electron chi connectivity index (χ3n) is 2.79. The van der Waals surface area contributed by atoms with Crippen LogP contribution in [0.1, 0.15) is 11.1 Å². The van der Waals surface area contributed by atoms with Gasteiger partial charge in [-0.15, -0.1) is 0 Å². The largest absolute Gasteiger partial charge is 0.329 e. The van der Waals surface area contributed by atoms with E-state index >= 15 is 0 Å². The zero-order valence-corrected chi connectivity index (χ0v) is 11.3. The predicted octanol–water partition coefficient (Wildman–Crippen LogP) is 3.05. The smallest absolute Gasteiger partial charge is 0.273 e.